The van der Waals surface area contributed by atoms with Gasteiger partial charge in [0.1, 0.15) is 11.7 Å². The second-order valence-electron chi connectivity index (χ2n) is 3.45. The Labute approximate surface area is 98.6 Å². The number of hydrogen-bond donors (Lipinski definition) is 2. The Balaban J connectivity index is 2.45. The topological polar surface area (TPSA) is 90.9 Å². The van der Waals surface area contributed by atoms with Crippen LogP contribution in [0.4, 0.5) is 0 Å². The van der Waals surface area contributed by atoms with Crippen molar-refractivity contribution in [3.05, 3.63) is 36.2 Å². The molecule has 0 saturated heterocycles. The fourth-order valence-corrected chi connectivity index (χ4v) is 1.68. The van der Waals surface area contributed by atoms with E-state index in [9.17, 15) is 0 Å². The summed E-state index contributed by atoms with van der Waals surface area (Å²) >= 11 is 0. The van der Waals surface area contributed by atoms with Crippen molar-refractivity contribution >= 4 is 0 Å². The number of aromatic nitrogens is 4. The molecule has 0 aliphatic rings. The van der Waals surface area contributed by atoms with E-state index < -0.39 is 0 Å². The Morgan fingerprint density at radius 2 is 2.24 bits per heavy atom. The lowest BCUT2D eigenvalue weighted by atomic mass is 10.1. The molecule has 3 N–H and O–H groups in total. The summed E-state index contributed by atoms with van der Waals surface area (Å²) in [5, 5.41) is 4.13. The maximum absolute atomic E-state index is 5.57. The molecule has 7 heteroatoms. The Bertz CT molecular complexity index is 483. The van der Waals surface area contributed by atoms with Crippen LogP contribution in [0.1, 0.15) is 17.4 Å². The fourth-order valence-electron chi connectivity index (χ4n) is 1.68. The van der Waals surface area contributed by atoms with Crippen LogP contribution in [0.15, 0.2) is 24.8 Å². The van der Waals surface area contributed by atoms with E-state index in [1.807, 2.05) is 7.05 Å². The van der Waals surface area contributed by atoms with E-state index in [2.05, 4.69) is 20.5 Å². The number of methoxy groups -OCH3 is 1. The summed E-state index contributed by atoms with van der Waals surface area (Å²) in [6.07, 6.45) is 6.51. The molecular formula is C10H14N6O. The standard InChI is InChI=1S/C10H14N6O/c1-16-10(8(17-2)6-14-16)9(15-11)7-5-12-3-4-13-7/h3-6,9,15H,11H2,1-2H3. The number of ether oxygens (including phenoxy) is 1. The SMILES string of the molecule is COc1cnn(C)c1C(NN)c1cnccn1. The van der Waals surface area contributed by atoms with Crippen LogP contribution in [0.2, 0.25) is 0 Å². The van der Waals surface area contributed by atoms with E-state index in [4.69, 9.17) is 10.6 Å². The van der Waals surface area contributed by atoms with E-state index in [0.29, 0.717) is 11.4 Å². The predicted molar refractivity (Wildman–Crippen MR) is 61.0 cm³/mol. The molecule has 2 aromatic rings. The lowest BCUT2D eigenvalue weighted by Gasteiger charge is -2.16. The van der Waals surface area contributed by atoms with E-state index in [0.717, 1.165) is 5.69 Å². The molecule has 17 heavy (non-hydrogen) atoms. The molecule has 0 spiro atoms. The van der Waals surface area contributed by atoms with Crippen molar-refractivity contribution < 1.29 is 4.74 Å². The van der Waals surface area contributed by atoms with Crippen LogP contribution in [-0.2, 0) is 7.05 Å². The normalized spacial score (nSPS) is 12.4. The van der Waals surface area contributed by atoms with Crippen molar-refractivity contribution in [2.75, 3.05) is 7.11 Å². The van der Waals surface area contributed by atoms with Gasteiger partial charge < -0.3 is 4.74 Å². The highest BCUT2D eigenvalue weighted by atomic mass is 16.5. The first kappa shape index (κ1) is 11.5. The van der Waals surface area contributed by atoms with Crippen LogP contribution >= 0.6 is 0 Å². The molecule has 2 rings (SSSR count). The minimum absolute atomic E-state index is 0.314. The highest BCUT2D eigenvalue weighted by molar-refractivity contribution is 5.32. The van der Waals surface area contributed by atoms with Crippen molar-refractivity contribution in [1.82, 2.24) is 25.2 Å². The third-order valence-corrected chi connectivity index (χ3v) is 2.49. The Morgan fingerprint density at radius 1 is 1.41 bits per heavy atom. The van der Waals surface area contributed by atoms with Gasteiger partial charge in [0.05, 0.1) is 25.2 Å². The molecule has 1 unspecified atom stereocenters. The smallest absolute Gasteiger partial charge is 0.162 e. The fraction of sp³-hybridized carbons (Fsp3) is 0.300. The third kappa shape index (κ3) is 2.10. The van der Waals surface area contributed by atoms with E-state index in [1.165, 1.54) is 0 Å². The van der Waals surface area contributed by atoms with Gasteiger partial charge in [-0.2, -0.15) is 5.10 Å². The van der Waals surface area contributed by atoms with Crippen molar-refractivity contribution in [2.24, 2.45) is 12.9 Å². The van der Waals surface area contributed by atoms with Gasteiger partial charge >= 0.3 is 0 Å². The summed E-state index contributed by atoms with van der Waals surface area (Å²) in [6, 6.07) is -0.314. The molecule has 0 saturated carbocycles. The molecule has 0 radical (unpaired) electrons. The molecule has 0 amide bonds. The Hall–Kier alpha value is -1.99. The first-order chi connectivity index (χ1) is 8.27. The second kappa shape index (κ2) is 4.89. The average molecular weight is 234 g/mol. The molecule has 0 aliphatic heterocycles. The summed E-state index contributed by atoms with van der Waals surface area (Å²) < 4.78 is 6.94. The molecule has 2 aromatic heterocycles. The van der Waals surface area contributed by atoms with Crippen LogP contribution in [0, 0.1) is 0 Å². The summed E-state index contributed by atoms with van der Waals surface area (Å²) in [4.78, 5) is 8.24. The van der Waals surface area contributed by atoms with Crippen LogP contribution in [0.3, 0.4) is 0 Å². The summed E-state index contributed by atoms with van der Waals surface area (Å²) in [5.41, 5.74) is 4.20. The molecule has 7 nitrogen and oxygen atoms in total. The zero-order chi connectivity index (χ0) is 12.3. The molecule has 0 bridgehead atoms. The molecule has 0 fully saturated rings. The van der Waals surface area contributed by atoms with Gasteiger partial charge in [-0.3, -0.25) is 20.5 Å². The van der Waals surface area contributed by atoms with Crippen LogP contribution < -0.4 is 16.0 Å². The predicted octanol–water partition coefficient (Wildman–Crippen LogP) is -0.229. The summed E-state index contributed by atoms with van der Waals surface area (Å²) in [5.74, 6) is 6.23. The minimum Gasteiger partial charge on any atom is -0.493 e. The first-order valence-corrected chi connectivity index (χ1v) is 5.05. The number of nitrogens with two attached hydrogens (primary N) is 1. The van der Waals surface area contributed by atoms with Gasteiger partial charge in [-0.1, -0.05) is 0 Å². The highest BCUT2D eigenvalue weighted by Crippen LogP contribution is 2.27. The quantitative estimate of drug-likeness (QED) is 0.561. The number of aryl methyl sites for hydroxylation is 1. The number of nitrogens with zero attached hydrogens (tertiary/aromatic N) is 4. The number of hydrazine groups is 1. The molecule has 0 aliphatic carbocycles. The van der Waals surface area contributed by atoms with Crippen LogP contribution in [-0.4, -0.2) is 26.9 Å². The second-order valence-corrected chi connectivity index (χ2v) is 3.45. The summed E-state index contributed by atoms with van der Waals surface area (Å²) in [7, 11) is 3.41. The van der Waals surface area contributed by atoms with Gasteiger partial charge in [-0.05, 0) is 0 Å². The molecule has 90 valence electrons. The van der Waals surface area contributed by atoms with E-state index in [-0.39, 0.29) is 6.04 Å². The average Bonchev–Trinajstić information content (AvgIpc) is 2.74. The number of rotatable bonds is 4. The lowest BCUT2D eigenvalue weighted by Crippen LogP contribution is -2.31. The minimum atomic E-state index is -0.314. The van der Waals surface area contributed by atoms with Gasteiger partial charge in [0, 0.05) is 19.4 Å². The largest absolute Gasteiger partial charge is 0.493 e. The zero-order valence-electron chi connectivity index (χ0n) is 9.66. The highest BCUT2D eigenvalue weighted by Gasteiger charge is 2.22. The van der Waals surface area contributed by atoms with Crippen molar-refractivity contribution in [3.8, 4) is 5.75 Å². The zero-order valence-corrected chi connectivity index (χ0v) is 9.66. The van der Waals surface area contributed by atoms with Crippen LogP contribution in [0.5, 0.6) is 5.75 Å². The maximum atomic E-state index is 5.57. The Kier molecular flexibility index (Phi) is 3.31. The van der Waals surface area contributed by atoms with E-state index in [1.54, 1.807) is 36.6 Å². The summed E-state index contributed by atoms with van der Waals surface area (Å²) in [6.45, 7) is 0. The number of nitrogens with one attached hydrogen (secondary N) is 1. The monoisotopic (exact) mass is 234 g/mol. The van der Waals surface area contributed by atoms with Crippen molar-refractivity contribution in [2.45, 2.75) is 6.04 Å². The lowest BCUT2D eigenvalue weighted by molar-refractivity contribution is 0.400. The third-order valence-electron chi connectivity index (χ3n) is 2.49. The van der Waals surface area contributed by atoms with E-state index >= 15 is 0 Å². The van der Waals surface area contributed by atoms with Gasteiger partial charge in [0.2, 0.25) is 0 Å². The van der Waals surface area contributed by atoms with Gasteiger partial charge in [0.15, 0.2) is 5.75 Å². The van der Waals surface area contributed by atoms with Gasteiger partial charge in [0.25, 0.3) is 0 Å². The molecule has 2 heterocycles. The van der Waals surface area contributed by atoms with Gasteiger partial charge in [-0.15, -0.1) is 0 Å². The Morgan fingerprint density at radius 3 is 2.82 bits per heavy atom. The van der Waals surface area contributed by atoms with Crippen molar-refractivity contribution in [3.63, 3.8) is 0 Å². The van der Waals surface area contributed by atoms with Crippen LogP contribution in [0.25, 0.3) is 0 Å². The molecule has 0 aromatic carbocycles. The molecule has 1 atom stereocenters. The molecular weight excluding hydrogens is 220 g/mol. The number of hydrogen-bond acceptors (Lipinski definition) is 6. The van der Waals surface area contributed by atoms with Crippen molar-refractivity contribution in [1.29, 1.82) is 0 Å². The first-order valence-electron chi connectivity index (χ1n) is 5.05. The maximum Gasteiger partial charge on any atom is 0.162 e. The van der Waals surface area contributed by atoms with Gasteiger partial charge in [-0.25, -0.2) is 5.43 Å².